The second-order valence-corrected chi connectivity index (χ2v) is 7.02. The predicted molar refractivity (Wildman–Crippen MR) is 102 cm³/mol. The molecule has 4 rings (SSSR count). The van der Waals surface area contributed by atoms with E-state index in [1.54, 1.807) is 24.7 Å². The summed E-state index contributed by atoms with van der Waals surface area (Å²) in [7, 11) is 1.84. The Morgan fingerprint density at radius 2 is 2.19 bits per heavy atom. The van der Waals surface area contributed by atoms with Crippen LogP contribution in [0.5, 0.6) is 0 Å². The third-order valence-corrected chi connectivity index (χ3v) is 5.26. The van der Waals surface area contributed by atoms with E-state index in [1.807, 2.05) is 18.5 Å². The highest BCUT2D eigenvalue weighted by Crippen LogP contribution is 2.26. The number of carbonyl (C=O) groups excluding carboxylic acids is 1. The first-order valence-corrected chi connectivity index (χ1v) is 9.11. The molecule has 3 aromatic rings. The molecule has 0 radical (unpaired) electrons. The highest BCUT2D eigenvalue weighted by atomic mass is 19.1. The molecular weight excluding hydrogens is 345 g/mol. The van der Waals surface area contributed by atoms with E-state index in [9.17, 15) is 9.18 Å². The number of nitrogens with zero attached hydrogens (tertiary/aromatic N) is 4. The topological polar surface area (TPSA) is 63.1 Å². The Bertz CT molecular complexity index is 985. The van der Waals surface area contributed by atoms with Crippen molar-refractivity contribution in [2.45, 2.75) is 25.8 Å². The second kappa shape index (κ2) is 6.98. The summed E-state index contributed by atoms with van der Waals surface area (Å²) in [4.78, 5) is 23.6. The van der Waals surface area contributed by atoms with Gasteiger partial charge in [0.1, 0.15) is 17.3 Å². The number of fused-ring (bicyclic) bond motifs is 1. The van der Waals surface area contributed by atoms with Crippen LogP contribution >= 0.6 is 0 Å². The van der Waals surface area contributed by atoms with Crippen LogP contribution < -0.4 is 10.2 Å². The Kier molecular flexibility index (Phi) is 4.51. The van der Waals surface area contributed by atoms with Crippen LogP contribution in [-0.2, 0) is 7.05 Å². The van der Waals surface area contributed by atoms with Crippen LogP contribution in [0.1, 0.15) is 28.9 Å². The largest absolute Gasteiger partial charge is 0.353 e. The van der Waals surface area contributed by atoms with Crippen molar-refractivity contribution >= 4 is 22.6 Å². The molecule has 1 fully saturated rings. The van der Waals surface area contributed by atoms with Gasteiger partial charge in [0.25, 0.3) is 5.91 Å². The van der Waals surface area contributed by atoms with Crippen LogP contribution in [0.15, 0.2) is 36.8 Å². The summed E-state index contributed by atoms with van der Waals surface area (Å²) in [5, 5.41) is 3.92. The molecular formula is C20H22FN5O. The molecule has 1 saturated heterocycles. The molecule has 1 aliphatic rings. The molecule has 3 heterocycles. The van der Waals surface area contributed by atoms with E-state index in [4.69, 9.17) is 0 Å². The Morgan fingerprint density at radius 3 is 2.96 bits per heavy atom. The van der Waals surface area contributed by atoms with Crippen molar-refractivity contribution in [2.24, 2.45) is 7.05 Å². The summed E-state index contributed by atoms with van der Waals surface area (Å²) in [6.07, 6.45) is 6.96. The number of aromatic nitrogens is 3. The van der Waals surface area contributed by atoms with Crippen LogP contribution in [0.2, 0.25) is 0 Å². The molecule has 0 saturated carbocycles. The van der Waals surface area contributed by atoms with Gasteiger partial charge >= 0.3 is 0 Å². The molecule has 0 aliphatic carbocycles. The monoisotopic (exact) mass is 367 g/mol. The fourth-order valence-corrected chi connectivity index (χ4v) is 3.93. The maximum Gasteiger partial charge on any atom is 0.268 e. The highest BCUT2D eigenvalue weighted by molar-refractivity contribution is 6.01. The zero-order chi connectivity index (χ0) is 19.0. The van der Waals surface area contributed by atoms with Crippen molar-refractivity contribution in [1.82, 2.24) is 19.9 Å². The van der Waals surface area contributed by atoms with Gasteiger partial charge in [-0.3, -0.25) is 9.78 Å². The molecule has 1 unspecified atom stereocenters. The second-order valence-electron chi connectivity index (χ2n) is 7.02. The lowest BCUT2D eigenvalue weighted by atomic mass is 10.1. The van der Waals surface area contributed by atoms with Crippen LogP contribution in [0.3, 0.4) is 0 Å². The van der Waals surface area contributed by atoms with Crippen LogP contribution in [-0.4, -0.2) is 39.6 Å². The first kappa shape index (κ1) is 17.5. The lowest BCUT2D eigenvalue weighted by molar-refractivity contribution is 0.0924. The van der Waals surface area contributed by atoms with E-state index in [0.29, 0.717) is 12.2 Å². The van der Waals surface area contributed by atoms with Gasteiger partial charge in [0.15, 0.2) is 0 Å². The van der Waals surface area contributed by atoms with Crippen molar-refractivity contribution in [1.29, 1.82) is 0 Å². The molecule has 1 aliphatic heterocycles. The van der Waals surface area contributed by atoms with Crippen molar-refractivity contribution in [2.75, 3.05) is 18.0 Å². The molecule has 7 heteroatoms. The Balaban J connectivity index is 1.55. The number of piperidine rings is 1. The van der Waals surface area contributed by atoms with E-state index in [0.717, 1.165) is 41.7 Å². The Morgan fingerprint density at radius 1 is 1.33 bits per heavy atom. The minimum atomic E-state index is -0.296. The summed E-state index contributed by atoms with van der Waals surface area (Å²) in [6, 6.07) is 4.65. The van der Waals surface area contributed by atoms with Gasteiger partial charge in [-0.25, -0.2) is 9.37 Å². The molecule has 1 N–H and O–H groups in total. The van der Waals surface area contributed by atoms with Crippen molar-refractivity contribution < 1.29 is 9.18 Å². The van der Waals surface area contributed by atoms with Crippen molar-refractivity contribution in [3.05, 3.63) is 53.9 Å². The van der Waals surface area contributed by atoms with Crippen LogP contribution in [0.4, 0.5) is 10.2 Å². The molecule has 0 bridgehead atoms. The molecule has 2 aromatic heterocycles. The SMILES string of the molecule is Cc1c(C(=O)NC2CCCN(c3cnccn3)C2)n(C)c2ccc(F)cc12. The first-order valence-electron chi connectivity index (χ1n) is 9.11. The molecule has 6 nitrogen and oxygen atoms in total. The van der Waals surface area contributed by atoms with Gasteiger partial charge in [-0.1, -0.05) is 0 Å². The summed E-state index contributed by atoms with van der Waals surface area (Å²) < 4.78 is 15.4. The number of benzene rings is 1. The zero-order valence-corrected chi connectivity index (χ0v) is 15.4. The number of hydrogen-bond donors (Lipinski definition) is 1. The van der Waals surface area contributed by atoms with Crippen LogP contribution in [0.25, 0.3) is 10.9 Å². The molecule has 140 valence electrons. The van der Waals surface area contributed by atoms with Gasteiger partial charge in [-0.05, 0) is 43.5 Å². The minimum Gasteiger partial charge on any atom is -0.353 e. The first-order chi connectivity index (χ1) is 13.0. The molecule has 1 atom stereocenters. The maximum atomic E-state index is 13.6. The number of aryl methyl sites for hydroxylation is 2. The third kappa shape index (κ3) is 3.25. The number of amides is 1. The quantitative estimate of drug-likeness (QED) is 0.773. The molecule has 0 spiro atoms. The van der Waals surface area contributed by atoms with E-state index in [2.05, 4.69) is 20.2 Å². The standard InChI is InChI=1S/C20H22FN5O/c1-13-16-10-14(21)5-6-17(16)25(2)19(13)20(27)24-15-4-3-9-26(12-15)18-11-22-7-8-23-18/h5-8,10-11,15H,3-4,9,12H2,1-2H3,(H,24,27). The van der Waals surface area contributed by atoms with Crippen molar-refractivity contribution in [3.8, 4) is 0 Å². The minimum absolute atomic E-state index is 0.0300. The normalized spacial score (nSPS) is 17.3. The smallest absolute Gasteiger partial charge is 0.268 e. The summed E-state index contributed by atoms with van der Waals surface area (Å²) in [5.41, 5.74) is 2.22. The van der Waals surface area contributed by atoms with E-state index < -0.39 is 0 Å². The zero-order valence-electron chi connectivity index (χ0n) is 15.4. The number of nitrogens with one attached hydrogen (secondary N) is 1. The highest BCUT2D eigenvalue weighted by Gasteiger charge is 2.25. The van der Waals surface area contributed by atoms with E-state index in [-0.39, 0.29) is 17.8 Å². The molecule has 1 amide bonds. The van der Waals surface area contributed by atoms with Gasteiger partial charge in [0.2, 0.25) is 0 Å². The molecule has 1 aromatic carbocycles. The average Bonchev–Trinajstić information content (AvgIpc) is 2.92. The predicted octanol–water partition coefficient (Wildman–Crippen LogP) is 2.81. The molecule has 27 heavy (non-hydrogen) atoms. The van der Waals surface area contributed by atoms with Crippen LogP contribution in [0, 0.1) is 12.7 Å². The fraction of sp³-hybridized carbons (Fsp3) is 0.350. The number of carbonyl (C=O) groups is 1. The summed E-state index contributed by atoms with van der Waals surface area (Å²) >= 11 is 0. The number of halogens is 1. The van der Waals surface area contributed by atoms with E-state index in [1.165, 1.54) is 12.1 Å². The maximum absolute atomic E-state index is 13.6. The summed E-state index contributed by atoms with van der Waals surface area (Å²) in [6.45, 7) is 3.46. The van der Waals surface area contributed by atoms with Gasteiger partial charge in [0, 0.05) is 49.5 Å². The average molecular weight is 367 g/mol. The fourth-order valence-electron chi connectivity index (χ4n) is 3.93. The van der Waals surface area contributed by atoms with Gasteiger partial charge < -0.3 is 14.8 Å². The number of hydrogen-bond acceptors (Lipinski definition) is 4. The third-order valence-electron chi connectivity index (χ3n) is 5.26. The summed E-state index contributed by atoms with van der Waals surface area (Å²) in [5.74, 6) is 0.403. The van der Waals surface area contributed by atoms with Crippen molar-refractivity contribution in [3.63, 3.8) is 0 Å². The number of anilines is 1. The van der Waals surface area contributed by atoms with Gasteiger partial charge in [-0.15, -0.1) is 0 Å². The lowest BCUT2D eigenvalue weighted by Gasteiger charge is -2.33. The van der Waals surface area contributed by atoms with E-state index >= 15 is 0 Å². The Hall–Kier alpha value is -2.96. The van der Waals surface area contributed by atoms with Gasteiger partial charge in [0.05, 0.1) is 6.20 Å². The lowest BCUT2D eigenvalue weighted by Crippen LogP contribution is -2.48. The Labute approximate surface area is 157 Å². The number of rotatable bonds is 3. The van der Waals surface area contributed by atoms with Gasteiger partial charge in [-0.2, -0.15) is 0 Å².